The van der Waals surface area contributed by atoms with Gasteiger partial charge in [-0.25, -0.2) is 0 Å². The number of hydrogen-bond donors (Lipinski definition) is 2. The van der Waals surface area contributed by atoms with Crippen LogP contribution in [0.1, 0.15) is 52.4 Å². The zero-order valence-corrected chi connectivity index (χ0v) is 13.9. The molecule has 21 heavy (non-hydrogen) atoms. The van der Waals surface area contributed by atoms with Gasteiger partial charge in [-0.05, 0) is 45.6 Å². The van der Waals surface area contributed by atoms with Crippen LogP contribution in [0.15, 0.2) is 0 Å². The first-order chi connectivity index (χ1) is 9.63. The monoisotopic (exact) mass is 317 g/mol. The van der Waals surface area contributed by atoms with Crippen molar-refractivity contribution in [2.45, 2.75) is 70.5 Å². The van der Waals surface area contributed by atoms with Crippen LogP contribution in [0.4, 0.5) is 0 Å². The highest BCUT2D eigenvalue weighted by Gasteiger charge is 2.35. The topological polar surface area (TPSA) is 61.4 Å². The predicted molar refractivity (Wildman–Crippen MR) is 85.5 cm³/mol. The summed E-state index contributed by atoms with van der Waals surface area (Å²) in [5.74, 6) is 0.160. The van der Waals surface area contributed by atoms with E-state index in [0.29, 0.717) is 12.5 Å². The number of rotatable bonds is 4. The average molecular weight is 318 g/mol. The van der Waals surface area contributed by atoms with E-state index in [1.54, 1.807) is 4.90 Å². The summed E-state index contributed by atoms with van der Waals surface area (Å²) in [6.45, 7) is 5.87. The quantitative estimate of drug-likeness (QED) is 0.825. The number of amides is 2. The van der Waals surface area contributed by atoms with Gasteiger partial charge in [-0.3, -0.25) is 9.59 Å². The van der Waals surface area contributed by atoms with Crippen LogP contribution in [0.2, 0.25) is 0 Å². The smallest absolute Gasteiger partial charge is 0.243 e. The first-order valence-electron chi connectivity index (χ1n) is 7.96. The molecule has 5 nitrogen and oxygen atoms in total. The molecule has 122 valence electrons. The molecule has 0 saturated carbocycles. The Kier molecular flexibility index (Phi) is 7.46. The van der Waals surface area contributed by atoms with Gasteiger partial charge in [0.05, 0.1) is 0 Å². The van der Waals surface area contributed by atoms with Gasteiger partial charge in [-0.15, -0.1) is 12.4 Å². The molecule has 2 rings (SSSR count). The Balaban J connectivity index is 0.00000220. The van der Waals surface area contributed by atoms with Crippen molar-refractivity contribution in [2.24, 2.45) is 0 Å². The van der Waals surface area contributed by atoms with Crippen molar-refractivity contribution in [3.05, 3.63) is 0 Å². The Labute approximate surface area is 133 Å². The van der Waals surface area contributed by atoms with E-state index >= 15 is 0 Å². The first kappa shape index (κ1) is 18.2. The van der Waals surface area contributed by atoms with Crippen molar-refractivity contribution >= 4 is 24.2 Å². The summed E-state index contributed by atoms with van der Waals surface area (Å²) < 4.78 is 0. The van der Waals surface area contributed by atoms with E-state index in [9.17, 15) is 9.59 Å². The Morgan fingerprint density at radius 3 is 2.71 bits per heavy atom. The molecule has 0 aromatic heterocycles. The first-order valence-corrected chi connectivity index (χ1v) is 7.96. The van der Waals surface area contributed by atoms with Crippen molar-refractivity contribution in [1.82, 2.24) is 15.5 Å². The molecule has 2 heterocycles. The highest BCUT2D eigenvalue weighted by molar-refractivity contribution is 5.88. The SMILES string of the molecule is CCCC(=O)N1CCCC1C(=O)NC1CCCNC1C.Cl. The average Bonchev–Trinajstić information content (AvgIpc) is 2.91. The molecular formula is C15H28ClN3O2. The molecule has 2 aliphatic heterocycles. The Bertz CT molecular complexity index is 365. The van der Waals surface area contributed by atoms with Gasteiger partial charge in [0.15, 0.2) is 0 Å². The third-order valence-corrected chi connectivity index (χ3v) is 4.43. The summed E-state index contributed by atoms with van der Waals surface area (Å²) >= 11 is 0. The van der Waals surface area contributed by atoms with Crippen LogP contribution in [0.5, 0.6) is 0 Å². The molecule has 3 unspecified atom stereocenters. The third kappa shape index (κ3) is 4.58. The summed E-state index contributed by atoms with van der Waals surface area (Å²) in [6.07, 6.45) is 5.24. The van der Waals surface area contributed by atoms with Gasteiger partial charge in [0.25, 0.3) is 0 Å². The molecule has 3 atom stereocenters. The maximum atomic E-state index is 12.4. The highest BCUT2D eigenvalue weighted by atomic mass is 35.5. The Morgan fingerprint density at radius 2 is 2.05 bits per heavy atom. The van der Waals surface area contributed by atoms with Gasteiger partial charge in [-0.2, -0.15) is 0 Å². The summed E-state index contributed by atoms with van der Waals surface area (Å²) in [6, 6.07) is 0.261. The van der Waals surface area contributed by atoms with Crippen LogP contribution in [-0.4, -0.2) is 47.9 Å². The van der Waals surface area contributed by atoms with Gasteiger partial charge >= 0.3 is 0 Å². The predicted octanol–water partition coefficient (Wildman–Crippen LogP) is 1.46. The Hall–Kier alpha value is -0.810. The molecule has 2 amide bonds. The van der Waals surface area contributed by atoms with Gasteiger partial charge in [0, 0.05) is 25.0 Å². The minimum Gasteiger partial charge on any atom is -0.350 e. The van der Waals surface area contributed by atoms with Crippen LogP contribution < -0.4 is 10.6 Å². The molecule has 0 spiro atoms. The molecule has 0 aromatic rings. The molecule has 2 N–H and O–H groups in total. The molecule has 6 heteroatoms. The van der Waals surface area contributed by atoms with Crippen molar-refractivity contribution < 1.29 is 9.59 Å². The number of piperidine rings is 1. The lowest BCUT2D eigenvalue weighted by atomic mass is 9.99. The minimum atomic E-state index is -0.247. The summed E-state index contributed by atoms with van der Waals surface area (Å²) in [5.41, 5.74) is 0. The number of likely N-dealkylation sites (tertiary alicyclic amines) is 1. The van der Waals surface area contributed by atoms with E-state index < -0.39 is 0 Å². The second-order valence-electron chi connectivity index (χ2n) is 6.00. The molecule has 0 aromatic carbocycles. The van der Waals surface area contributed by atoms with Crippen LogP contribution >= 0.6 is 12.4 Å². The fraction of sp³-hybridized carbons (Fsp3) is 0.867. The molecule has 0 bridgehead atoms. The van der Waals surface area contributed by atoms with Gasteiger partial charge < -0.3 is 15.5 Å². The lowest BCUT2D eigenvalue weighted by molar-refractivity contribution is -0.138. The number of carbonyl (C=O) groups excluding carboxylic acids is 2. The number of carbonyl (C=O) groups is 2. The molecule has 0 aliphatic carbocycles. The van der Waals surface area contributed by atoms with E-state index in [4.69, 9.17) is 0 Å². The van der Waals surface area contributed by atoms with Gasteiger partial charge in [0.1, 0.15) is 6.04 Å². The van der Waals surface area contributed by atoms with Crippen molar-refractivity contribution in [2.75, 3.05) is 13.1 Å². The molecule has 2 aliphatic rings. The van der Waals surface area contributed by atoms with E-state index in [-0.39, 0.29) is 36.3 Å². The highest BCUT2D eigenvalue weighted by Crippen LogP contribution is 2.20. The van der Waals surface area contributed by atoms with Crippen LogP contribution in [0.3, 0.4) is 0 Å². The van der Waals surface area contributed by atoms with Crippen LogP contribution in [0, 0.1) is 0 Å². The Morgan fingerprint density at radius 1 is 1.29 bits per heavy atom. The van der Waals surface area contributed by atoms with Crippen LogP contribution in [0.25, 0.3) is 0 Å². The van der Waals surface area contributed by atoms with Gasteiger partial charge in [0.2, 0.25) is 11.8 Å². The largest absolute Gasteiger partial charge is 0.350 e. The van der Waals surface area contributed by atoms with E-state index in [1.807, 2.05) is 6.92 Å². The lowest BCUT2D eigenvalue weighted by Gasteiger charge is -2.33. The minimum absolute atomic E-state index is 0. The third-order valence-electron chi connectivity index (χ3n) is 4.43. The van der Waals surface area contributed by atoms with E-state index in [0.717, 1.165) is 45.2 Å². The maximum Gasteiger partial charge on any atom is 0.243 e. The van der Waals surface area contributed by atoms with E-state index in [2.05, 4.69) is 17.6 Å². The second-order valence-corrected chi connectivity index (χ2v) is 6.00. The summed E-state index contributed by atoms with van der Waals surface area (Å²) in [5, 5.41) is 6.53. The normalized spacial score (nSPS) is 28.9. The van der Waals surface area contributed by atoms with Crippen LogP contribution in [-0.2, 0) is 9.59 Å². The van der Waals surface area contributed by atoms with Crippen molar-refractivity contribution in [1.29, 1.82) is 0 Å². The molecule has 2 saturated heterocycles. The molecule has 2 fully saturated rings. The standard InChI is InChI=1S/C15H27N3O2.ClH/c1-3-6-14(19)18-10-5-8-13(18)15(20)17-12-7-4-9-16-11(12)2;/h11-13,16H,3-10H2,1-2H3,(H,17,20);1H. The lowest BCUT2D eigenvalue weighted by Crippen LogP contribution is -2.56. The van der Waals surface area contributed by atoms with Crippen molar-refractivity contribution in [3.63, 3.8) is 0 Å². The second kappa shape index (κ2) is 8.59. The zero-order valence-electron chi connectivity index (χ0n) is 13.1. The number of nitrogens with one attached hydrogen (secondary N) is 2. The fourth-order valence-corrected chi connectivity index (χ4v) is 3.22. The molecular weight excluding hydrogens is 290 g/mol. The summed E-state index contributed by atoms with van der Waals surface area (Å²) in [4.78, 5) is 26.3. The molecule has 0 radical (unpaired) electrons. The number of halogens is 1. The van der Waals surface area contributed by atoms with Crippen molar-refractivity contribution in [3.8, 4) is 0 Å². The fourth-order valence-electron chi connectivity index (χ4n) is 3.22. The number of hydrogen-bond acceptors (Lipinski definition) is 3. The van der Waals surface area contributed by atoms with Gasteiger partial charge in [-0.1, -0.05) is 6.92 Å². The number of nitrogens with zero attached hydrogens (tertiary/aromatic N) is 1. The zero-order chi connectivity index (χ0) is 14.5. The summed E-state index contributed by atoms with van der Waals surface area (Å²) in [7, 11) is 0. The maximum absolute atomic E-state index is 12.4. The van der Waals surface area contributed by atoms with E-state index in [1.165, 1.54) is 0 Å².